The summed E-state index contributed by atoms with van der Waals surface area (Å²) in [5.41, 5.74) is 0.747. The zero-order chi connectivity index (χ0) is 19.0. The van der Waals surface area contributed by atoms with Gasteiger partial charge in [0.1, 0.15) is 0 Å². The van der Waals surface area contributed by atoms with Crippen molar-refractivity contribution in [2.45, 2.75) is 20.4 Å². The molecule has 1 saturated heterocycles. The minimum atomic E-state index is -0.943. The summed E-state index contributed by atoms with van der Waals surface area (Å²) in [5, 5.41) is 9.11. The summed E-state index contributed by atoms with van der Waals surface area (Å²) in [6.07, 6.45) is 1.03. The number of fused-ring (bicyclic) bond motifs is 1. The van der Waals surface area contributed by atoms with E-state index in [-0.39, 0.29) is 0 Å². The molecule has 3 heterocycles. The van der Waals surface area contributed by atoms with E-state index >= 15 is 0 Å². The third-order valence-corrected chi connectivity index (χ3v) is 4.50. The fourth-order valence-electron chi connectivity index (χ4n) is 3.01. The van der Waals surface area contributed by atoms with Crippen LogP contribution in [0.25, 0.3) is 11.2 Å². The Labute approximate surface area is 149 Å². The summed E-state index contributed by atoms with van der Waals surface area (Å²) < 4.78 is 3.09. The molecule has 3 rings (SSSR count). The van der Waals surface area contributed by atoms with Gasteiger partial charge >= 0.3 is 11.8 Å². The highest BCUT2D eigenvalue weighted by Gasteiger charge is 2.26. The van der Waals surface area contributed by atoms with E-state index in [0.29, 0.717) is 49.8 Å². The van der Waals surface area contributed by atoms with Gasteiger partial charge in [-0.05, 0) is 13.8 Å². The van der Waals surface area contributed by atoms with Gasteiger partial charge in [0.15, 0.2) is 11.2 Å². The van der Waals surface area contributed by atoms with Crippen molar-refractivity contribution in [1.29, 1.82) is 0 Å². The number of hydrogen-bond acceptors (Lipinski definition) is 5. The lowest BCUT2D eigenvalue weighted by Crippen LogP contribution is -2.49. The van der Waals surface area contributed by atoms with Gasteiger partial charge in [-0.2, -0.15) is 4.98 Å². The lowest BCUT2D eigenvalue weighted by atomic mass is 10.3. The number of rotatable bonds is 3. The van der Waals surface area contributed by atoms with E-state index < -0.39 is 17.3 Å². The van der Waals surface area contributed by atoms with Crippen LogP contribution in [0.15, 0.2) is 21.2 Å². The van der Waals surface area contributed by atoms with Gasteiger partial charge in [-0.3, -0.25) is 14.3 Å². The number of imidazole rings is 1. The number of aromatic nitrogens is 4. The van der Waals surface area contributed by atoms with Gasteiger partial charge in [-0.25, -0.2) is 9.59 Å². The number of hydrogen-bond donors (Lipinski definition) is 2. The maximum absolute atomic E-state index is 12.4. The molecule has 0 aromatic carbocycles. The summed E-state index contributed by atoms with van der Waals surface area (Å²) in [5.74, 6) is 0.564. The number of anilines is 1. The first-order chi connectivity index (χ1) is 12.3. The number of carbonyl (C=O) groups is 1. The maximum Gasteiger partial charge on any atom is 0.407 e. The van der Waals surface area contributed by atoms with Gasteiger partial charge in [-0.1, -0.05) is 11.6 Å². The second kappa shape index (κ2) is 6.70. The van der Waals surface area contributed by atoms with Gasteiger partial charge in [0, 0.05) is 39.8 Å². The normalized spacial score (nSPS) is 14.7. The van der Waals surface area contributed by atoms with Crippen LogP contribution in [0.3, 0.4) is 0 Å². The van der Waals surface area contributed by atoms with Gasteiger partial charge < -0.3 is 19.5 Å². The molecular weight excluding hydrogens is 340 g/mol. The molecule has 0 bridgehead atoms. The molecule has 1 amide bonds. The summed E-state index contributed by atoms with van der Waals surface area (Å²) in [4.78, 5) is 45.6. The molecule has 0 radical (unpaired) electrons. The molecule has 1 aliphatic heterocycles. The number of nitrogens with zero attached hydrogens (tertiary/aromatic N) is 5. The SMILES string of the molecule is CC(C)=CCn1c(N2CCN(C(=O)O)CC2)nc2c1c(=O)[nH]c(=O)n2C. The average molecular weight is 362 g/mol. The minimum absolute atomic E-state index is 0.316. The van der Waals surface area contributed by atoms with Crippen molar-refractivity contribution >= 4 is 23.2 Å². The molecule has 140 valence electrons. The second-order valence-corrected chi connectivity index (χ2v) is 6.55. The Morgan fingerprint density at radius 1 is 1.23 bits per heavy atom. The van der Waals surface area contributed by atoms with E-state index in [2.05, 4.69) is 9.97 Å². The van der Waals surface area contributed by atoms with Crippen molar-refractivity contribution in [2.75, 3.05) is 31.1 Å². The van der Waals surface area contributed by atoms with Crippen molar-refractivity contribution < 1.29 is 9.90 Å². The van der Waals surface area contributed by atoms with Crippen LogP contribution < -0.4 is 16.1 Å². The Balaban J connectivity index is 2.11. The smallest absolute Gasteiger partial charge is 0.407 e. The first-order valence-corrected chi connectivity index (χ1v) is 8.35. The first-order valence-electron chi connectivity index (χ1n) is 8.35. The molecule has 2 aromatic heterocycles. The van der Waals surface area contributed by atoms with Gasteiger partial charge in [0.2, 0.25) is 5.95 Å². The highest BCUT2D eigenvalue weighted by Crippen LogP contribution is 2.21. The van der Waals surface area contributed by atoms with Crippen LogP contribution in [-0.4, -0.2) is 61.4 Å². The molecule has 0 spiro atoms. The van der Waals surface area contributed by atoms with Crippen molar-refractivity contribution in [3.05, 3.63) is 32.5 Å². The molecule has 1 fully saturated rings. The lowest BCUT2D eigenvalue weighted by molar-refractivity contribution is 0.142. The highest BCUT2D eigenvalue weighted by molar-refractivity contribution is 5.74. The molecule has 26 heavy (non-hydrogen) atoms. The Morgan fingerprint density at radius 3 is 2.46 bits per heavy atom. The highest BCUT2D eigenvalue weighted by atomic mass is 16.4. The molecule has 0 aliphatic carbocycles. The molecular formula is C16H22N6O4. The average Bonchev–Trinajstić information content (AvgIpc) is 2.98. The second-order valence-electron chi connectivity index (χ2n) is 6.55. The van der Waals surface area contributed by atoms with Crippen LogP contribution in [0.4, 0.5) is 10.7 Å². The molecule has 10 nitrogen and oxygen atoms in total. The van der Waals surface area contributed by atoms with Crippen molar-refractivity contribution in [2.24, 2.45) is 7.05 Å². The zero-order valence-corrected chi connectivity index (χ0v) is 15.0. The number of carboxylic acid groups (broad SMARTS) is 1. The van der Waals surface area contributed by atoms with E-state index in [1.54, 1.807) is 11.6 Å². The van der Waals surface area contributed by atoms with Crippen LogP contribution in [0.1, 0.15) is 13.8 Å². The first kappa shape index (κ1) is 17.8. The number of aryl methyl sites for hydroxylation is 1. The number of amides is 1. The Bertz CT molecular complexity index is 987. The predicted molar refractivity (Wildman–Crippen MR) is 96.8 cm³/mol. The predicted octanol–water partition coefficient (Wildman–Crippen LogP) is 0.190. The van der Waals surface area contributed by atoms with E-state index in [9.17, 15) is 14.4 Å². The Morgan fingerprint density at radius 2 is 1.88 bits per heavy atom. The topological polar surface area (TPSA) is 116 Å². The van der Waals surface area contributed by atoms with Gasteiger partial charge in [0.25, 0.3) is 5.56 Å². The summed E-state index contributed by atoms with van der Waals surface area (Å²) in [7, 11) is 1.56. The summed E-state index contributed by atoms with van der Waals surface area (Å²) in [6.45, 7) is 6.02. The largest absolute Gasteiger partial charge is 0.465 e. The van der Waals surface area contributed by atoms with E-state index in [4.69, 9.17) is 5.11 Å². The molecule has 0 unspecified atom stereocenters. The van der Waals surface area contributed by atoms with Crippen LogP contribution >= 0.6 is 0 Å². The number of nitrogens with one attached hydrogen (secondary N) is 1. The summed E-state index contributed by atoms with van der Waals surface area (Å²) in [6, 6.07) is 0. The fraction of sp³-hybridized carbons (Fsp3) is 0.500. The molecule has 0 saturated carbocycles. The molecule has 0 atom stereocenters. The number of aromatic amines is 1. The number of piperazine rings is 1. The number of allylic oxidation sites excluding steroid dienone is 2. The molecule has 1 aliphatic rings. The van der Waals surface area contributed by atoms with Crippen LogP contribution in [0.5, 0.6) is 0 Å². The van der Waals surface area contributed by atoms with Crippen molar-refractivity contribution in [3.8, 4) is 0 Å². The Hall–Kier alpha value is -3.04. The number of H-pyrrole nitrogens is 1. The lowest BCUT2D eigenvalue weighted by Gasteiger charge is -2.33. The van der Waals surface area contributed by atoms with Crippen LogP contribution in [0.2, 0.25) is 0 Å². The molecule has 2 aromatic rings. The zero-order valence-electron chi connectivity index (χ0n) is 15.0. The van der Waals surface area contributed by atoms with Gasteiger partial charge in [-0.15, -0.1) is 0 Å². The third kappa shape index (κ3) is 3.09. The standard InChI is InChI=1S/C16H22N6O4/c1-10(2)4-5-22-11-12(19(3)15(24)18-13(11)23)17-14(22)20-6-8-21(9-7-20)16(25)26/h4H,5-9H2,1-3H3,(H,25,26)(H,18,23,24). The van der Waals surface area contributed by atoms with E-state index in [1.807, 2.05) is 24.8 Å². The summed E-state index contributed by atoms with van der Waals surface area (Å²) >= 11 is 0. The molecule has 10 heteroatoms. The maximum atomic E-state index is 12.4. The van der Waals surface area contributed by atoms with E-state index in [1.165, 1.54) is 9.47 Å². The van der Waals surface area contributed by atoms with Crippen molar-refractivity contribution in [3.63, 3.8) is 0 Å². The van der Waals surface area contributed by atoms with Crippen LogP contribution in [-0.2, 0) is 13.6 Å². The Kier molecular flexibility index (Phi) is 4.58. The van der Waals surface area contributed by atoms with E-state index in [0.717, 1.165) is 5.57 Å². The third-order valence-electron chi connectivity index (χ3n) is 4.50. The monoisotopic (exact) mass is 362 g/mol. The van der Waals surface area contributed by atoms with Crippen LogP contribution in [0, 0.1) is 0 Å². The van der Waals surface area contributed by atoms with Gasteiger partial charge in [0.05, 0.1) is 0 Å². The minimum Gasteiger partial charge on any atom is -0.465 e. The quantitative estimate of drug-likeness (QED) is 0.753. The fourth-order valence-corrected chi connectivity index (χ4v) is 3.01. The van der Waals surface area contributed by atoms with Crippen molar-refractivity contribution in [1.82, 2.24) is 24.0 Å². The molecule has 2 N–H and O–H groups in total.